The number of carboxylic acids is 2. The Hall–Kier alpha value is -9.88. The normalized spacial score (nSPS) is 10.7. The number of aliphatic carboxylic acids is 2. The smallest absolute Gasteiger partial charge is 0.312 e. The van der Waals surface area contributed by atoms with E-state index < -0.39 is 11.9 Å². The second-order valence-corrected chi connectivity index (χ2v) is 19.0. The van der Waals surface area contributed by atoms with E-state index in [-0.39, 0.29) is 48.8 Å². The van der Waals surface area contributed by atoms with Crippen LogP contribution in [0, 0.1) is 27.7 Å². The summed E-state index contributed by atoms with van der Waals surface area (Å²) in [5.41, 5.74) is 14.0. The predicted molar refractivity (Wildman–Crippen MR) is 317 cm³/mol. The van der Waals surface area contributed by atoms with Gasteiger partial charge in [0.2, 0.25) is 0 Å². The first-order valence-electron chi connectivity index (χ1n) is 26.1. The lowest BCUT2D eigenvalue weighted by atomic mass is 9.96. The third-order valence-corrected chi connectivity index (χ3v) is 13.3. The topological polar surface area (TPSA) is 188 Å². The maximum absolute atomic E-state index is 13.1. The van der Waals surface area contributed by atoms with E-state index in [4.69, 9.17) is 24.4 Å². The van der Waals surface area contributed by atoms with Crippen molar-refractivity contribution < 1.29 is 53.2 Å². The molecule has 13 heteroatoms. The van der Waals surface area contributed by atoms with Gasteiger partial charge < -0.3 is 29.7 Å². The first-order chi connectivity index (χ1) is 38.9. The summed E-state index contributed by atoms with van der Waals surface area (Å²) in [5, 5.41) is 21.8. The zero-order chi connectivity index (χ0) is 58.6. The number of nitrogens with zero attached hydrogens (tertiary/aromatic N) is 1. The number of esters is 2. The minimum atomic E-state index is -0.823. The molecule has 0 radical (unpaired) electrons. The lowest BCUT2D eigenvalue weighted by Gasteiger charge is -2.15. The summed E-state index contributed by atoms with van der Waals surface area (Å²) in [6.45, 7) is 9.66. The van der Waals surface area contributed by atoms with Gasteiger partial charge in [0, 0.05) is 39.1 Å². The molecular weight excluding hydrogens is 1020 g/mol. The number of aromatic nitrogens is 1. The van der Waals surface area contributed by atoms with E-state index in [9.17, 15) is 28.8 Å². The van der Waals surface area contributed by atoms with Crippen molar-refractivity contribution in [1.82, 2.24) is 4.57 Å². The number of ether oxygens (including phenoxy) is 3. The SMILES string of the molecule is COC(=O)C(C)c1cccc(C(=O)c2ccccc2)c1.COC(=O)Cc1c(C)n(C(=O)c2ccc(C)cc2)c2ccc(OC)cc12.Cc1cccc(C)c1Nc1ccccc1CC(=O)O.O=C(O)Cc1ccc(-c2ccccc2)cc1. The number of hydrogen-bond acceptors (Lipinski definition) is 10. The molecule has 8 aromatic carbocycles. The van der Waals surface area contributed by atoms with Crippen molar-refractivity contribution in [2.24, 2.45) is 0 Å². The average Bonchev–Trinajstić information content (AvgIpc) is 3.77. The number of carbonyl (C=O) groups is 6. The largest absolute Gasteiger partial charge is 0.497 e. The molecule has 0 bridgehead atoms. The van der Waals surface area contributed by atoms with Crippen molar-refractivity contribution in [1.29, 1.82) is 0 Å². The van der Waals surface area contributed by atoms with Crippen LogP contribution < -0.4 is 10.1 Å². The van der Waals surface area contributed by atoms with Crippen molar-refractivity contribution in [2.75, 3.05) is 26.6 Å². The van der Waals surface area contributed by atoms with Crippen LogP contribution in [0.5, 0.6) is 5.75 Å². The molecule has 0 amide bonds. The van der Waals surface area contributed by atoms with Crippen LogP contribution in [0.2, 0.25) is 0 Å². The fraction of sp³-hybridized carbons (Fsp3) is 0.176. The molecule has 9 aromatic rings. The van der Waals surface area contributed by atoms with E-state index >= 15 is 0 Å². The number of fused-ring (bicyclic) bond motifs is 1. The molecule has 0 fully saturated rings. The van der Waals surface area contributed by atoms with Gasteiger partial charge in [-0.2, -0.15) is 0 Å². The molecule has 0 saturated heterocycles. The van der Waals surface area contributed by atoms with E-state index in [0.29, 0.717) is 22.4 Å². The summed E-state index contributed by atoms with van der Waals surface area (Å²) in [6.07, 6.45) is 0.198. The first-order valence-corrected chi connectivity index (χ1v) is 26.1. The Bertz CT molecular complexity index is 3610. The third-order valence-electron chi connectivity index (χ3n) is 13.3. The molecule has 81 heavy (non-hydrogen) atoms. The monoisotopic (exact) mass is 1090 g/mol. The number of carbonyl (C=O) groups excluding carboxylic acids is 4. The molecule has 1 aromatic heterocycles. The molecular formula is C68H66N2O11. The van der Waals surface area contributed by atoms with Crippen LogP contribution in [0.15, 0.2) is 194 Å². The zero-order valence-electron chi connectivity index (χ0n) is 46.7. The van der Waals surface area contributed by atoms with Crippen LogP contribution in [0.25, 0.3) is 22.0 Å². The van der Waals surface area contributed by atoms with Gasteiger partial charge in [0.05, 0.1) is 52.0 Å². The Morgan fingerprint density at radius 1 is 0.543 bits per heavy atom. The van der Waals surface area contributed by atoms with Crippen LogP contribution >= 0.6 is 0 Å². The van der Waals surface area contributed by atoms with E-state index in [0.717, 1.165) is 78.0 Å². The zero-order valence-corrected chi connectivity index (χ0v) is 46.7. The van der Waals surface area contributed by atoms with Crippen LogP contribution in [0.3, 0.4) is 0 Å². The van der Waals surface area contributed by atoms with Crippen molar-refractivity contribution in [3.63, 3.8) is 0 Å². The lowest BCUT2D eigenvalue weighted by molar-refractivity contribution is -0.142. The minimum Gasteiger partial charge on any atom is -0.497 e. The Labute approximate surface area is 472 Å². The van der Waals surface area contributed by atoms with Crippen molar-refractivity contribution >= 4 is 57.8 Å². The fourth-order valence-corrected chi connectivity index (χ4v) is 8.86. The highest BCUT2D eigenvalue weighted by atomic mass is 16.5. The minimum absolute atomic E-state index is 0.0219. The summed E-state index contributed by atoms with van der Waals surface area (Å²) in [5.74, 6) is -2.18. The number of carboxylic acid groups (broad SMARTS) is 2. The van der Waals surface area contributed by atoms with E-state index in [2.05, 4.69) is 5.32 Å². The van der Waals surface area contributed by atoms with E-state index in [1.165, 1.54) is 14.2 Å². The summed E-state index contributed by atoms with van der Waals surface area (Å²) in [7, 11) is 4.30. The molecule has 9 rings (SSSR count). The summed E-state index contributed by atoms with van der Waals surface area (Å²) >= 11 is 0. The predicted octanol–water partition coefficient (Wildman–Crippen LogP) is 13.5. The van der Waals surface area contributed by atoms with Crippen molar-refractivity contribution in [3.8, 4) is 16.9 Å². The maximum atomic E-state index is 13.1. The van der Waals surface area contributed by atoms with Crippen LogP contribution in [-0.2, 0) is 47.9 Å². The molecule has 1 heterocycles. The van der Waals surface area contributed by atoms with Gasteiger partial charge in [-0.1, -0.05) is 157 Å². The molecule has 1 atom stereocenters. The molecule has 0 spiro atoms. The van der Waals surface area contributed by atoms with Crippen molar-refractivity contribution in [3.05, 3.63) is 255 Å². The highest BCUT2D eigenvalue weighted by Gasteiger charge is 2.23. The Balaban J connectivity index is 0.000000177. The molecule has 0 aliphatic carbocycles. The number of ketones is 1. The number of hydrogen-bond donors (Lipinski definition) is 3. The van der Waals surface area contributed by atoms with Crippen LogP contribution in [-0.4, -0.2) is 71.7 Å². The van der Waals surface area contributed by atoms with E-state index in [1.54, 1.807) is 48.9 Å². The molecule has 1 unspecified atom stereocenters. The van der Waals surface area contributed by atoms with Gasteiger partial charge in [-0.15, -0.1) is 0 Å². The number of benzene rings is 8. The van der Waals surface area contributed by atoms with Crippen molar-refractivity contribution in [2.45, 2.75) is 59.8 Å². The van der Waals surface area contributed by atoms with Gasteiger partial charge in [-0.3, -0.25) is 33.3 Å². The summed E-state index contributed by atoms with van der Waals surface area (Å²) in [6, 6.07) is 60.3. The van der Waals surface area contributed by atoms with Crippen LogP contribution in [0.4, 0.5) is 11.4 Å². The number of anilines is 2. The van der Waals surface area contributed by atoms with Gasteiger partial charge in [0.25, 0.3) is 5.91 Å². The maximum Gasteiger partial charge on any atom is 0.312 e. The standard InChI is InChI=1S/C21H21NO4.C17H16O3.C16H17NO2.C14H12O2/c1-13-5-7-15(8-6-13)21(24)22-14(2)17(12-20(23)26-4)18-11-16(25-3)9-10-19(18)22;1-12(17(19)20-2)14-9-6-10-15(11-14)16(18)13-7-4-3-5-8-13;1-11-6-5-7-12(2)16(11)17-14-9-4-3-8-13(14)10-15(18)19;15-14(16)10-11-6-8-13(9-7-11)12-4-2-1-3-5-12/h5-11H,12H2,1-4H3;3-12H,1-2H3;3-9,17H,10H2,1-2H3,(H,18,19);1-9H,10H2,(H,15,16). The Morgan fingerprint density at radius 3 is 1.73 bits per heavy atom. The van der Waals surface area contributed by atoms with Crippen LogP contribution in [0.1, 0.15) is 83.8 Å². The number of nitrogens with one attached hydrogen (secondary N) is 1. The second kappa shape index (κ2) is 29.2. The highest BCUT2D eigenvalue weighted by molar-refractivity contribution is 6.09. The number of aryl methyl sites for hydroxylation is 3. The molecule has 0 aliphatic rings. The quantitative estimate of drug-likeness (QED) is 0.0652. The third kappa shape index (κ3) is 16.6. The molecule has 3 N–H and O–H groups in total. The Morgan fingerprint density at radius 2 is 1.12 bits per heavy atom. The first kappa shape index (κ1) is 60.4. The molecule has 13 nitrogen and oxygen atoms in total. The van der Waals surface area contributed by atoms with Gasteiger partial charge in [0.1, 0.15) is 5.75 Å². The number of methoxy groups -OCH3 is 3. The number of rotatable bonds is 15. The highest BCUT2D eigenvalue weighted by Crippen LogP contribution is 2.32. The number of para-hydroxylation sites is 2. The van der Waals surface area contributed by atoms with E-state index in [1.807, 2.05) is 191 Å². The molecule has 0 aliphatic heterocycles. The Kier molecular flexibility index (Phi) is 21.8. The van der Waals surface area contributed by atoms with Gasteiger partial charge in [-0.05, 0) is 122 Å². The molecule has 414 valence electrons. The van der Waals surface area contributed by atoms with Gasteiger partial charge in [-0.25, -0.2) is 0 Å². The summed E-state index contributed by atoms with van der Waals surface area (Å²) < 4.78 is 16.5. The average molecular weight is 1090 g/mol. The fourth-order valence-electron chi connectivity index (χ4n) is 8.86. The molecule has 0 saturated carbocycles. The van der Waals surface area contributed by atoms with Gasteiger partial charge >= 0.3 is 23.9 Å². The van der Waals surface area contributed by atoms with Gasteiger partial charge in [0.15, 0.2) is 5.78 Å². The second-order valence-electron chi connectivity index (χ2n) is 19.0. The lowest BCUT2D eigenvalue weighted by Crippen LogP contribution is -2.14. The summed E-state index contributed by atoms with van der Waals surface area (Å²) in [4.78, 5) is 70.3.